The van der Waals surface area contributed by atoms with Gasteiger partial charge in [-0.05, 0) is 59.1 Å². The van der Waals surface area contributed by atoms with Crippen LogP contribution in [0.15, 0.2) is 90.0 Å². The maximum atomic E-state index is 17.3. The van der Waals surface area contributed by atoms with Crippen molar-refractivity contribution in [2.24, 2.45) is 5.92 Å². The molecule has 1 fully saturated rings. The van der Waals surface area contributed by atoms with Crippen LogP contribution in [0.3, 0.4) is 0 Å². The smallest absolute Gasteiger partial charge is 0.280 e. The summed E-state index contributed by atoms with van der Waals surface area (Å²) in [4.78, 5) is 37.1. The van der Waals surface area contributed by atoms with Gasteiger partial charge >= 0.3 is 0 Å². The average molecular weight is 772 g/mol. The third kappa shape index (κ3) is 7.81. The van der Waals surface area contributed by atoms with Crippen molar-refractivity contribution in [1.82, 2.24) is 19.5 Å². The Labute approximate surface area is 321 Å². The molecule has 2 N–H and O–H groups in total. The Balaban J connectivity index is 1.44. The fourth-order valence-electron chi connectivity index (χ4n) is 6.41. The van der Waals surface area contributed by atoms with E-state index < -0.39 is 44.1 Å². The molecule has 3 aromatic carbocycles. The maximum absolute atomic E-state index is 17.3. The molecule has 4 atom stereocenters. The number of imidazole rings is 1. The van der Waals surface area contributed by atoms with Crippen molar-refractivity contribution in [3.63, 3.8) is 0 Å². The molecule has 5 aromatic rings. The van der Waals surface area contributed by atoms with Crippen LogP contribution >= 0.6 is 0 Å². The molecule has 1 saturated heterocycles. The Morgan fingerprint density at radius 1 is 0.945 bits per heavy atom. The van der Waals surface area contributed by atoms with Crippen LogP contribution in [0.4, 0.5) is 10.3 Å². The molecule has 6 rings (SSSR count). The number of nitrogens with zero attached hydrogens (tertiary/aromatic N) is 3. The standard InChI is InChI=1S/C41H50FN5O7Si/c1-25(2)36(48)45-39-44-35-33(37(49)46-39)43-24-47(35)38-34(54-55(8,9)40(3,4)5)32(42)31(53-38)23-52-41(26-13-11-10-12-14-26,27-15-19-29(50-6)20-16-27)28-17-21-30(51-7)22-18-28/h10-22,24-25,31-32,34,38H,23H2,1-9H3,(H2,44,45,46,48,49)/t31-,32+,34-,38-/m1/s1. The van der Waals surface area contributed by atoms with Gasteiger partial charge in [0.25, 0.3) is 5.56 Å². The number of rotatable bonds is 13. The van der Waals surface area contributed by atoms with E-state index in [2.05, 4.69) is 41.0 Å². The van der Waals surface area contributed by atoms with Gasteiger partial charge in [0.15, 0.2) is 31.9 Å². The third-order valence-electron chi connectivity index (χ3n) is 10.6. The van der Waals surface area contributed by atoms with Gasteiger partial charge in [-0.1, -0.05) is 89.2 Å². The second-order valence-electron chi connectivity index (χ2n) is 15.6. The van der Waals surface area contributed by atoms with Crippen LogP contribution in [0.2, 0.25) is 18.1 Å². The summed E-state index contributed by atoms with van der Waals surface area (Å²) in [6.07, 6.45) is -3.60. The highest BCUT2D eigenvalue weighted by Gasteiger charge is 2.53. The van der Waals surface area contributed by atoms with Crippen LogP contribution in [0.5, 0.6) is 11.5 Å². The van der Waals surface area contributed by atoms with Crippen LogP contribution in [-0.2, 0) is 24.3 Å². The second kappa shape index (κ2) is 15.7. The monoisotopic (exact) mass is 771 g/mol. The molecule has 0 saturated carbocycles. The lowest BCUT2D eigenvalue weighted by molar-refractivity contribution is -0.118. The van der Waals surface area contributed by atoms with E-state index in [1.807, 2.05) is 92.0 Å². The number of fused-ring (bicyclic) bond motifs is 1. The quantitative estimate of drug-likeness (QED) is 0.0929. The van der Waals surface area contributed by atoms with Crippen molar-refractivity contribution in [2.45, 2.75) is 83.0 Å². The highest BCUT2D eigenvalue weighted by Crippen LogP contribution is 2.46. The van der Waals surface area contributed by atoms with Crippen molar-refractivity contribution in [2.75, 3.05) is 26.1 Å². The molecule has 2 aromatic heterocycles. The number of ether oxygens (including phenoxy) is 4. The van der Waals surface area contributed by atoms with Crippen molar-refractivity contribution >= 4 is 31.3 Å². The Morgan fingerprint density at radius 3 is 2.04 bits per heavy atom. The number of aromatic amines is 1. The minimum atomic E-state index is -2.62. The van der Waals surface area contributed by atoms with Gasteiger partial charge in [0.05, 0.1) is 27.2 Å². The summed E-state index contributed by atoms with van der Waals surface area (Å²) in [7, 11) is 0.593. The van der Waals surface area contributed by atoms with E-state index in [1.54, 1.807) is 28.1 Å². The molecule has 1 aliphatic heterocycles. The van der Waals surface area contributed by atoms with Crippen LogP contribution < -0.4 is 20.3 Å². The van der Waals surface area contributed by atoms with Crippen molar-refractivity contribution in [1.29, 1.82) is 0 Å². The molecule has 0 unspecified atom stereocenters. The highest BCUT2D eigenvalue weighted by molar-refractivity contribution is 6.74. The van der Waals surface area contributed by atoms with Gasteiger partial charge in [-0.15, -0.1) is 0 Å². The minimum Gasteiger partial charge on any atom is -0.497 e. The number of anilines is 1. The van der Waals surface area contributed by atoms with E-state index in [4.69, 9.17) is 23.4 Å². The molecular weight excluding hydrogens is 722 g/mol. The normalized spacial score (nSPS) is 19.2. The number of alkyl halides is 1. The number of aromatic nitrogens is 4. The molecule has 292 valence electrons. The lowest BCUT2D eigenvalue weighted by Crippen LogP contribution is -2.48. The number of carbonyl (C=O) groups is 1. The predicted octanol–water partition coefficient (Wildman–Crippen LogP) is 7.37. The summed E-state index contributed by atoms with van der Waals surface area (Å²) in [6.45, 7) is 13.6. The molecule has 14 heteroatoms. The van der Waals surface area contributed by atoms with Gasteiger partial charge in [-0.3, -0.25) is 24.5 Å². The summed E-state index contributed by atoms with van der Waals surface area (Å²) < 4.78 is 50.3. The van der Waals surface area contributed by atoms with Crippen LogP contribution in [-0.4, -0.2) is 72.9 Å². The van der Waals surface area contributed by atoms with E-state index in [9.17, 15) is 9.59 Å². The summed E-state index contributed by atoms with van der Waals surface area (Å²) >= 11 is 0. The number of benzene rings is 3. The fourth-order valence-corrected chi connectivity index (χ4v) is 7.69. The number of nitrogens with one attached hydrogen (secondary N) is 2. The van der Waals surface area contributed by atoms with Crippen molar-refractivity contribution < 1.29 is 32.6 Å². The van der Waals surface area contributed by atoms with Gasteiger partial charge in [0.2, 0.25) is 11.9 Å². The molecular formula is C41H50FN5O7Si. The van der Waals surface area contributed by atoms with Gasteiger partial charge < -0.3 is 23.4 Å². The first kappa shape index (κ1) is 39.8. The van der Waals surface area contributed by atoms with E-state index in [-0.39, 0.29) is 40.6 Å². The fraction of sp³-hybridized carbons (Fsp3) is 0.415. The second-order valence-corrected chi connectivity index (χ2v) is 20.3. The van der Waals surface area contributed by atoms with Crippen molar-refractivity contribution in [3.05, 3.63) is 112 Å². The lowest BCUT2D eigenvalue weighted by atomic mass is 9.80. The predicted molar refractivity (Wildman–Crippen MR) is 211 cm³/mol. The molecule has 1 amide bonds. The number of amides is 1. The average Bonchev–Trinajstić information content (AvgIpc) is 3.72. The maximum Gasteiger partial charge on any atom is 0.280 e. The van der Waals surface area contributed by atoms with Gasteiger partial charge in [0, 0.05) is 5.92 Å². The van der Waals surface area contributed by atoms with E-state index >= 15 is 4.39 Å². The van der Waals surface area contributed by atoms with Gasteiger partial charge in [-0.25, -0.2) is 9.37 Å². The zero-order valence-corrected chi connectivity index (χ0v) is 33.8. The molecule has 0 bridgehead atoms. The van der Waals surface area contributed by atoms with Crippen LogP contribution in [0, 0.1) is 5.92 Å². The summed E-state index contributed by atoms with van der Waals surface area (Å²) in [6, 6.07) is 24.9. The molecule has 0 spiro atoms. The third-order valence-corrected chi connectivity index (χ3v) is 15.1. The SMILES string of the molecule is COc1ccc(C(OC[C@H]2O[C@@H](n3cnc4c(=O)[nH]c(NC(=O)C(C)C)nc43)[C@H](O[Si](C)(C)C(C)(C)C)[C@H]2F)(c2ccccc2)c2ccc(OC)cc2)cc1. The molecule has 55 heavy (non-hydrogen) atoms. The highest BCUT2D eigenvalue weighted by atomic mass is 28.4. The van der Waals surface area contributed by atoms with E-state index in [1.165, 1.54) is 10.9 Å². The number of halogens is 1. The topological polar surface area (TPSA) is 139 Å². The Hall–Kier alpha value is -4.89. The molecule has 1 aliphatic rings. The first-order valence-corrected chi connectivity index (χ1v) is 21.2. The molecule has 3 heterocycles. The molecule has 0 radical (unpaired) electrons. The Bertz CT molecular complexity index is 2100. The molecule has 12 nitrogen and oxygen atoms in total. The molecule has 0 aliphatic carbocycles. The first-order valence-electron chi connectivity index (χ1n) is 18.3. The minimum absolute atomic E-state index is 0.00874. The number of H-pyrrole nitrogens is 1. The summed E-state index contributed by atoms with van der Waals surface area (Å²) in [5.74, 6) is 0.591. The van der Waals surface area contributed by atoms with Crippen LogP contribution in [0.25, 0.3) is 11.2 Å². The number of carbonyl (C=O) groups excluding carboxylic acids is 1. The van der Waals surface area contributed by atoms with Crippen LogP contribution in [0.1, 0.15) is 57.5 Å². The number of hydrogen-bond donors (Lipinski definition) is 2. The Kier molecular flexibility index (Phi) is 11.4. The summed E-state index contributed by atoms with van der Waals surface area (Å²) in [5.41, 5.74) is 0.703. The van der Waals surface area contributed by atoms with Gasteiger partial charge in [0.1, 0.15) is 29.3 Å². The zero-order valence-electron chi connectivity index (χ0n) is 32.8. The summed E-state index contributed by atoms with van der Waals surface area (Å²) in [5, 5.41) is 2.38. The lowest BCUT2D eigenvalue weighted by Gasteiger charge is -2.39. The number of methoxy groups -OCH3 is 2. The number of hydrogen-bond acceptors (Lipinski definition) is 9. The van der Waals surface area contributed by atoms with E-state index in [0.29, 0.717) is 11.5 Å². The largest absolute Gasteiger partial charge is 0.497 e. The van der Waals surface area contributed by atoms with Crippen molar-refractivity contribution in [3.8, 4) is 11.5 Å². The van der Waals surface area contributed by atoms with E-state index in [0.717, 1.165) is 16.7 Å². The van der Waals surface area contributed by atoms with Gasteiger partial charge in [-0.2, -0.15) is 4.98 Å². The zero-order chi connectivity index (χ0) is 39.7. The first-order chi connectivity index (χ1) is 26.1. The Morgan fingerprint density at radius 2 is 1.51 bits per heavy atom.